The van der Waals surface area contributed by atoms with Crippen LogP contribution in [-0.2, 0) is 20.9 Å². The van der Waals surface area contributed by atoms with Crippen LogP contribution >= 0.6 is 0 Å². The zero-order valence-corrected chi connectivity index (χ0v) is 13.0. The fourth-order valence-corrected chi connectivity index (χ4v) is 3.91. The molecule has 0 saturated heterocycles. The number of rotatable bonds is 5. The van der Waals surface area contributed by atoms with E-state index in [0.29, 0.717) is 19.4 Å². The number of Topliss-reactive ketones (excluding diaryl/α,β-unsaturated/α-hetero) is 1. The zero-order chi connectivity index (χ0) is 15.6. The van der Waals surface area contributed by atoms with Gasteiger partial charge in [-0.25, -0.2) is 0 Å². The molecule has 0 amide bonds. The molecule has 2 bridgehead atoms. The second-order valence-electron chi connectivity index (χ2n) is 6.32. The highest BCUT2D eigenvalue weighted by atomic mass is 16.5. The van der Waals surface area contributed by atoms with Crippen molar-refractivity contribution in [2.75, 3.05) is 6.61 Å². The number of ketones is 1. The first-order valence-electron chi connectivity index (χ1n) is 8.16. The van der Waals surface area contributed by atoms with Crippen LogP contribution in [0.25, 0.3) is 0 Å². The molecule has 2 aliphatic carbocycles. The van der Waals surface area contributed by atoms with E-state index in [1.807, 2.05) is 18.2 Å². The lowest BCUT2D eigenvalue weighted by Crippen LogP contribution is -2.49. The predicted molar refractivity (Wildman–Crippen MR) is 83.1 cm³/mol. The fourth-order valence-electron chi connectivity index (χ4n) is 3.91. The summed E-state index contributed by atoms with van der Waals surface area (Å²) in [5, 5.41) is 3.51. The Morgan fingerprint density at radius 2 is 2.00 bits per heavy atom. The van der Waals surface area contributed by atoms with Crippen LogP contribution in [0.4, 0.5) is 0 Å². The van der Waals surface area contributed by atoms with E-state index in [1.165, 1.54) is 5.56 Å². The summed E-state index contributed by atoms with van der Waals surface area (Å²) in [6.07, 6.45) is 2.93. The predicted octanol–water partition coefficient (Wildman–Crippen LogP) is 2.47. The summed E-state index contributed by atoms with van der Waals surface area (Å²) in [6, 6.07) is 10.4. The quantitative estimate of drug-likeness (QED) is 0.670. The van der Waals surface area contributed by atoms with Crippen molar-refractivity contribution in [3.05, 3.63) is 35.9 Å². The van der Waals surface area contributed by atoms with Gasteiger partial charge in [-0.3, -0.25) is 9.59 Å². The van der Waals surface area contributed by atoms with Gasteiger partial charge in [0.05, 0.1) is 6.61 Å². The minimum absolute atomic E-state index is 0.0399. The van der Waals surface area contributed by atoms with Gasteiger partial charge in [0.1, 0.15) is 5.41 Å². The molecule has 3 atom stereocenters. The first-order valence-corrected chi connectivity index (χ1v) is 8.16. The van der Waals surface area contributed by atoms with Gasteiger partial charge in [-0.1, -0.05) is 30.3 Å². The van der Waals surface area contributed by atoms with Gasteiger partial charge in [-0.05, 0) is 38.2 Å². The van der Waals surface area contributed by atoms with Crippen LogP contribution in [0.1, 0.15) is 38.2 Å². The lowest BCUT2D eigenvalue weighted by Gasteiger charge is -2.34. The molecule has 0 radical (unpaired) electrons. The molecule has 1 aromatic rings. The third-order valence-electron chi connectivity index (χ3n) is 5.14. The van der Waals surface area contributed by atoms with E-state index < -0.39 is 5.41 Å². The minimum atomic E-state index is -0.842. The number of benzene rings is 1. The van der Waals surface area contributed by atoms with Crippen molar-refractivity contribution in [2.45, 2.75) is 45.2 Å². The largest absolute Gasteiger partial charge is 0.465 e. The Morgan fingerprint density at radius 3 is 2.73 bits per heavy atom. The topological polar surface area (TPSA) is 55.4 Å². The maximum Gasteiger partial charge on any atom is 0.319 e. The summed E-state index contributed by atoms with van der Waals surface area (Å²) < 4.78 is 5.16. The van der Waals surface area contributed by atoms with Gasteiger partial charge in [-0.2, -0.15) is 0 Å². The molecule has 0 spiro atoms. The summed E-state index contributed by atoms with van der Waals surface area (Å²) in [7, 11) is 0. The molecule has 3 rings (SSSR count). The summed E-state index contributed by atoms with van der Waals surface area (Å²) in [5.74, 6) is -0.242. The van der Waals surface area contributed by atoms with Crippen LogP contribution < -0.4 is 5.32 Å². The van der Waals surface area contributed by atoms with Crippen molar-refractivity contribution < 1.29 is 14.3 Å². The smallest absolute Gasteiger partial charge is 0.319 e. The maximum absolute atomic E-state index is 12.7. The van der Waals surface area contributed by atoms with Crippen LogP contribution in [0.2, 0.25) is 0 Å². The number of ether oxygens (including phenoxy) is 1. The number of carbonyl (C=O) groups is 2. The van der Waals surface area contributed by atoms with E-state index in [0.717, 1.165) is 19.4 Å². The standard InChI is InChI=1S/C18H23NO3/c1-2-22-17(21)18-10-8-14(16(18)20)15(9-11-18)19-12-13-6-4-3-5-7-13/h3-7,14-15,19H,2,8-12H2,1H3/t14-,15-,18-/m1/s1. The molecule has 4 heteroatoms. The highest BCUT2D eigenvalue weighted by molar-refractivity contribution is 6.07. The van der Waals surface area contributed by atoms with Crippen molar-refractivity contribution in [2.24, 2.45) is 11.3 Å². The van der Waals surface area contributed by atoms with E-state index in [4.69, 9.17) is 4.74 Å². The third-order valence-corrected chi connectivity index (χ3v) is 5.14. The number of hydrogen-bond acceptors (Lipinski definition) is 4. The summed E-state index contributed by atoms with van der Waals surface area (Å²) in [6.45, 7) is 2.90. The Morgan fingerprint density at radius 1 is 1.27 bits per heavy atom. The summed E-state index contributed by atoms with van der Waals surface area (Å²) in [4.78, 5) is 24.9. The molecular weight excluding hydrogens is 278 g/mol. The molecule has 0 heterocycles. The van der Waals surface area contributed by atoms with Gasteiger partial charge < -0.3 is 10.1 Å². The molecule has 118 valence electrons. The van der Waals surface area contributed by atoms with Crippen molar-refractivity contribution in [3.8, 4) is 0 Å². The number of nitrogens with one attached hydrogen (secondary N) is 1. The van der Waals surface area contributed by atoms with E-state index in [1.54, 1.807) is 6.92 Å². The number of esters is 1. The molecule has 0 aromatic heterocycles. The van der Waals surface area contributed by atoms with Gasteiger partial charge in [0.15, 0.2) is 5.78 Å². The summed E-state index contributed by atoms with van der Waals surface area (Å²) >= 11 is 0. The number of carbonyl (C=O) groups excluding carboxylic acids is 2. The normalized spacial score (nSPS) is 30.3. The molecule has 0 unspecified atom stereocenters. The molecule has 2 saturated carbocycles. The van der Waals surface area contributed by atoms with Gasteiger partial charge >= 0.3 is 5.97 Å². The van der Waals surface area contributed by atoms with E-state index in [9.17, 15) is 9.59 Å². The van der Waals surface area contributed by atoms with Gasteiger partial charge in [0.2, 0.25) is 0 Å². The number of hydrogen-bond donors (Lipinski definition) is 1. The second-order valence-corrected chi connectivity index (χ2v) is 6.32. The Labute approximate surface area is 131 Å². The Bertz CT molecular complexity index is 557. The highest BCUT2D eigenvalue weighted by Crippen LogP contribution is 2.49. The molecule has 4 nitrogen and oxygen atoms in total. The van der Waals surface area contributed by atoms with Crippen LogP contribution in [0.5, 0.6) is 0 Å². The molecule has 1 aromatic carbocycles. The molecule has 2 aliphatic rings. The Hall–Kier alpha value is -1.68. The van der Waals surface area contributed by atoms with Crippen LogP contribution in [0.3, 0.4) is 0 Å². The van der Waals surface area contributed by atoms with E-state index in [2.05, 4.69) is 17.4 Å². The average Bonchev–Trinajstić information content (AvgIpc) is 2.76. The Balaban J connectivity index is 1.65. The fraction of sp³-hybridized carbons (Fsp3) is 0.556. The first kappa shape index (κ1) is 15.2. The highest BCUT2D eigenvalue weighted by Gasteiger charge is 2.58. The van der Waals surface area contributed by atoms with E-state index in [-0.39, 0.29) is 23.7 Å². The van der Waals surface area contributed by atoms with Gasteiger partial charge in [0.25, 0.3) is 0 Å². The third kappa shape index (κ3) is 2.56. The first-order chi connectivity index (χ1) is 10.7. The van der Waals surface area contributed by atoms with Crippen molar-refractivity contribution >= 4 is 11.8 Å². The zero-order valence-electron chi connectivity index (χ0n) is 13.0. The number of fused-ring (bicyclic) bond motifs is 2. The van der Waals surface area contributed by atoms with Crippen molar-refractivity contribution in [1.82, 2.24) is 5.32 Å². The van der Waals surface area contributed by atoms with Crippen LogP contribution in [-0.4, -0.2) is 24.4 Å². The van der Waals surface area contributed by atoms with Crippen LogP contribution in [0.15, 0.2) is 30.3 Å². The van der Waals surface area contributed by atoms with Crippen LogP contribution in [0, 0.1) is 11.3 Å². The molecule has 2 fully saturated rings. The van der Waals surface area contributed by atoms with Crippen molar-refractivity contribution in [3.63, 3.8) is 0 Å². The SMILES string of the molecule is CCOC(=O)[C@@]12CC[C@@H](NCc3ccccc3)[C@@H](CC1)C2=O. The molecule has 22 heavy (non-hydrogen) atoms. The second kappa shape index (κ2) is 6.21. The van der Waals surface area contributed by atoms with E-state index >= 15 is 0 Å². The minimum Gasteiger partial charge on any atom is -0.465 e. The Kier molecular flexibility index (Phi) is 4.30. The molecule has 1 N–H and O–H groups in total. The molecule has 0 aliphatic heterocycles. The lowest BCUT2D eigenvalue weighted by atomic mass is 9.72. The van der Waals surface area contributed by atoms with Gasteiger partial charge in [0, 0.05) is 18.5 Å². The monoisotopic (exact) mass is 301 g/mol. The average molecular weight is 301 g/mol. The molecular formula is C18H23NO3. The maximum atomic E-state index is 12.7. The van der Waals surface area contributed by atoms with Gasteiger partial charge in [-0.15, -0.1) is 0 Å². The summed E-state index contributed by atoms with van der Waals surface area (Å²) in [5.41, 5.74) is 0.376. The van der Waals surface area contributed by atoms with Crippen molar-refractivity contribution in [1.29, 1.82) is 0 Å². The lowest BCUT2D eigenvalue weighted by molar-refractivity contribution is -0.161.